The minimum Gasteiger partial charge on any atom is -0.486 e. The summed E-state index contributed by atoms with van der Waals surface area (Å²) in [7, 11) is 0. The second kappa shape index (κ2) is 13.9. The molecule has 1 aliphatic rings. The number of unbranched alkanes of at least 4 members (excludes halogenated alkanes) is 1. The molecule has 200 valence electrons. The normalized spacial score (nSPS) is 13.0. The number of fused-ring (bicyclic) bond motifs is 1. The van der Waals surface area contributed by atoms with Gasteiger partial charge in [0.2, 0.25) is 11.8 Å². The SMILES string of the molecule is CCCCNC(=O)[C@H](Cc1ccccc1)N(Cc1ccccc1Cl)C(=O)CCc1ccc2c(c1)OCCO2. The summed E-state index contributed by atoms with van der Waals surface area (Å²) in [6.07, 6.45) is 3.04. The molecule has 3 aromatic carbocycles. The van der Waals surface area contributed by atoms with Crippen LogP contribution in [0, 0.1) is 0 Å². The molecule has 0 spiro atoms. The number of carbonyl (C=O) groups is 2. The van der Waals surface area contributed by atoms with Crippen LogP contribution < -0.4 is 14.8 Å². The summed E-state index contributed by atoms with van der Waals surface area (Å²) < 4.78 is 11.3. The highest BCUT2D eigenvalue weighted by Crippen LogP contribution is 2.31. The van der Waals surface area contributed by atoms with Gasteiger partial charge < -0.3 is 19.7 Å². The molecule has 1 heterocycles. The lowest BCUT2D eigenvalue weighted by Crippen LogP contribution is -2.50. The van der Waals surface area contributed by atoms with Crippen LogP contribution in [0.25, 0.3) is 0 Å². The number of halogens is 1. The van der Waals surface area contributed by atoms with Crippen LogP contribution in [0.5, 0.6) is 11.5 Å². The molecule has 0 fully saturated rings. The molecule has 4 rings (SSSR count). The fourth-order valence-electron chi connectivity index (χ4n) is 4.51. The van der Waals surface area contributed by atoms with Crippen molar-refractivity contribution in [3.8, 4) is 11.5 Å². The molecular formula is C31H35ClN2O4. The van der Waals surface area contributed by atoms with E-state index in [1.54, 1.807) is 4.90 Å². The Labute approximate surface area is 229 Å². The number of nitrogens with zero attached hydrogens (tertiary/aromatic N) is 1. The third-order valence-corrected chi connectivity index (χ3v) is 7.00. The Balaban J connectivity index is 1.58. The van der Waals surface area contributed by atoms with Crippen LogP contribution in [0.4, 0.5) is 0 Å². The lowest BCUT2D eigenvalue weighted by atomic mass is 10.0. The Morgan fingerprint density at radius 1 is 0.947 bits per heavy atom. The summed E-state index contributed by atoms with van der Waals surface area (Å²) in [6, 6.07) is 22.4. The lowest BCUT2D eigenvalue weighted by molar-refractivity contribution is -0.141. The second-order valence-corrected chi connectivity index (χ2v) is 9.85. The lowest BCUT2D eigenvalue weighted by Gasteiger charge is -2.32. The Kier molecular flexibility index (Phi) is 10.0. The molecule has 0 aliphatic carbocycles. The van der Waals surface area contributed by atoms with E-state index in [0.717, 1.165) is 35.3 Å². The van der Waals surface area contributed by atoms with Gasteiger partial charge in [0.15, 0.2) is 11.5 Å². The molecule has 0 saturated heterocycles. The maximum Gasteiger partial charge on any atom is 0.243 e. The smallest absolute Gasteiger partial charge is 0.243 e. The van der Waals surface area contributed by atoms with Gasteiger partial charge >= 0.3 is 0 Å². The monoisotopic (exact) mass is 534 g/mol. The second-order valence-electron chi connectivity index (χ2n) is 9.44. The number of hydrogen-bond donors (Lipinski definition) is 1. The van der Waals surface area contributed by atoms with E-state index in [-0.39, 0.29) is 24.8 Å². The zero-order valence-corrected chi connectivity index (χ0v) is 22.6. The number of aryl methyl sites for hydroxylation is 1. The van der Waals surface area contributed by atoms with E-state index in [0.29, 0.717) is 43.4 Å². The number of benzene rings is 3. The van der Waals surface area contributed by atoms with Gasteiger partial charge in [-0.3, -0.25) is 9.59 Å². The molecule has 0 saturated carbocycles. The number of rotatable bonds is 12. The molecule has 2 amide bonds. The van der Waals surface area contributed by atoms with Crippen LogP contribution in [-0.2, 0) is 29.0 Å². The van der Waals surface area contributed by atoms with Crippen molar-refractivity contribution in [1.82, 2.24) is 10.2 Å². The number of nitrogens with one attached hydrogen (secondary N) is 1. The van der Waals surface area contributed by atoms with Gasteiger partial charge in [-0.15, -0.1) is 0 Å². The molecule has 38 heavy (non-hydrogen) atoms. The summed E-state index contributed by atoms with van der Waals surface area (Å²) in [5.41, 5.74) is 2.78. The fourth-order valence-corrected chi connectivity index (χ4v) is 4.70. The molecule has 0 unspecified atom stereocenters. The summed E-state index contributed by atoms with van der Waals surface area (Å²) in [4.78, 5) is 29.0. The van der Waals surface area contributed by atoms with Crippen LogP contribution in [0.2, 0.25) is 5.02 Å². The van der Waals surface area contributed by atoms with Crippen molar-refractivity contribution in [1.29, 1.82) is 0 Å². The number of carbonyl (C=O) groups excluding carboxylic acids is 2. The Morgan fingerprint density at radius 2 is 1.68 bits per heavy atom. The third kappa shape index (κ3) is 7.51. The van der Waals surface area contributed by atoms with Crippen molar-refractivity contribution in [2.24, 2.45) is 0 Å². The van der Waals surface area contributed by atoms with Crippen LogP contribution in [-0.4, -0.2) is 42.5 Å². The topological polar surface area (TPSA) is 67.9 Å². The number of amides is 2. The van der Waals surface area contributed by atoms with E-state index >= 15 is 0 Å². The van der Waals surface area contributed by atoms with Gasteiger partial charge in [0.1, 0.15) is 19.3 Å². The molecule has 1 N–H and O–H groups in total. The average Bonchev–Trinajstić information content (AvgIpc) is 2.95. The van der Waals surface area contributed by atoms with Gasteiger partial charge in [-0.25, -0.2) is 0 Å². The molecule has 1 atom stereocenters. The maximum atomic E-state index is 13.8. The van der Waals surface area contributed by atoms with Gasteiger partial charge in [-0.2, -0.15) is 0 Å². The van der Waals surface area contributed by atoms with Crippen LogP contribution in [0.15, 0.2) is 72.8 Å². The standard InChI is InChI=1S/C31H35ClN2O4/c1-2-3-17-33-31(36)27(20-23-9-5-4-6-10-23)34(22-25-11-7-8-12-26(25)32)30(35)16-14-24-13-15-28-29(21-24)38-19-18-37-28/h4-13,15,21,27H,2-3,14,16-20,22H2,1H3,(H,33,36)/t27-/m0/s1. The molecular weight excluding hydrogens is 500 g/mol. The van der Waals surface area contributed by atoms with Gasteiger partial charge in [0, 0.05) is 31.0 Å². The molecule has 6 nitrogen and oxygen atoms in total. The van der Waals surface area contributed by atoms with E-state index in [1.165, 1.54) is 0 Å². The van der Waals surface area contributed by atoms with Crippen LogP contribution in [0.3, 0.4) is 0 Å². The van der Waals surface area contributed by atoms with Crippen molar-refractivity contribution < 1.29 is 19.1 Å². The summed E-state index contributed by atoms with van der Waals surface area (Å²) >= 11 is 6.50. The summed E-state index contributed by atoms with van der Waals surface area (Å²) in [5.74, 6) is 1.16. The minimum absolute atomic E-state index is 0.105. The van der Waals surface area contributed by atoms with Crippen molar-refractivity contribution in [2.45, 2.75) is 51.6 Å². The number of ether oxygens (including phenoxy) is 2. The Hall–Kier alpha value is -3.51. The van der Waals surface area contributed by atoms with E-state index < -0.39 is 6.04 Å². The van der Waals surface area contributed by atoms with Crippen molar-refractivity contribution in [3.63, 3.8) is 0 Å². The molecule has 1 aliphatic heterocycles. The van der Waals surface area contributed by atoms with Gasteiger partial charge in [0.05, 0.1) is 0 Å². The highest BCUT2D eigenvalue weighted by atomic mass is 35.5. The zero-order valence-electron chi connectivity index (χ0n) is 21.8. The first-order chi connectivity index (χ1) is 18.5. The molecule has 0 aromatic heterocycles. The van der Waals surface area contributed by atoms with Crippen molar-refractivity contribution >= 4 is 23.4 Å². The average molecular weight is 535 g/mol. The molecule has 3 aromatic rings. The van der Waals surface area contributed by atoms with Gasteiger partial charge in [-0.05, 0) is 47.7 Å². The number of hydrogen-bond acceptors (Lipinski definition) is 4. The summed E-state index contributed by atoms with van der Waals surface area (Å²) in [6.45, 7) is 3.95. The first-order valence-electron chi connectivity index (χ1n) is 13.3. The first-order valence-corrected chi connectivity index (χ1v) is 13.7. The van der Waals surface area contributed by atoms with Crippen molar-refractivity contribution in [3.05, 3.63) is 94.5 Å². The van der Waals surface area contributed by atoms with E-state index in [9.17, 15) is 9.59 Å². The van der Waals surface area contributed by atoms with Gasteiger partial charge in [-0.1, -0.05) is 79.5 Å². The predicted octanol–water partition coefficient (Wildman–Crippen LogP) is 5.60. The quantitative estimate of drug-likeness (QED) is 0.307. The van der Waals surface area contributed by atoms with Gasteiger partial charge in [0.25, 0.3) is 0 Å². The Morgan fingerprint density at radius 3 is 2.45 bits per heavy atom. The van der Waals surface area contributed by atoms with Crippen molar-refractivity contribution in [2.75, 3.05) is 19.8 Å². The van der Waals surface area contributed by atoms with Crippen LogP contribution >= 0.6 is 11.6 Å². The molecule has 0 bridgehead atoms. The Bertz CT molecular complexity index is 1220. The van der Waals surface area contributed by atoms with Crippen LogP contribution in [0.1, 0.15) is 42.9 Å². The third-order valence-electron chi connectivity index (χ3n) is 6.63. The highest BCUT2D eigenvalue weighted by Gasteiger charge is 2.30. The predicted molar refractivity (Wildman–Crippen MR) is 150 cm³/mol. The maximum absolute atomic E-state index is 13.8. The molecule has 0 radical (unpaired) electrons. The fraction of sp³-hybridized carbons (Fsp3) is 0.355. The minimum atomic E-state index is -0.668. The highest BCUT2D eigenvalue weighted by molar-refractivity contribution is 6.31. The van der Waals surface area contributed by atoms with E-state index in [1.807, 2.05) is 72.8 Å². The zero-order chi connectivity index (χ0) is 26.7. The summed E-state index contributed by atoms with van der Waals surface area (Å²) in [5, 5.41) is 3.62. The molecule has 7 heteroatoms. The van der Waals surface area contributed by atoms with E-state index in [2.05, 4.69) is 12.2 Å². The van der Waals surface area contributed by atoms with E-state index in [4.69, 9.17) is 21.1 Å². The first kappa shape index (κ1) is 27.5. The largest absolute Gasteiger partial charge is 0.486 e.